The number of aliphatic carboxylic acids is 1. The summed E-state index contributed by atoms with van der Waals surface area (Å²) < 4.78 is 5.27. The molecule has 0 radical (unpaired) electrons. The topological polar surface area (TPSA) is 87.7 Å². The number of amides is 1. The van der Waals surface area contributed by atoms with Crippen molar-refractivity contribution in [3.8, 4) is 0 Å². The van der Waals surface area contributed by atoms with Crippen molar-refractivity contribution in [2.75, 3.05) is 26.8 Å². The number of ether oxygens (including phenoxy) is 1. The quantitative estimate of drug-likeness (QED) is 0.590. The molecule has 0 spiro atoms. The second-order valence-electron chi connectivity index (χ2n) is 4.82. The predicted molar refractivity (Wildman–Crippen MR) is 66.2 cm³/mol. The lowest BCUT2D eigenvalue weighted by Crippen LogP contribution is -2.43. The van der Waals surface area contributed by atoms with Crippen LogP contribution in [0.5, 0.6) is 0 Å². The van der Waals surface area contributed by atoms with E-state index >= 15 is 0 Å². The summed E-state index contributed by atoms with van der Waals surface area (Å²) in [5, 5.41) is 14.5. The lowest BCUT2D eigenvalue weighted by molar-refractivity contribution is -0.137. The molecule has 6 heteroatoms. The maximum absolute atomic E-state index is 11.9. The van der Waals surface area contributed by atoms with Gasteiger partial charge in [-0.25, -0.2) is 0 Å². The van der Waals surface area contributed by atoms with Crippen LogP contribution in [0.1, 0.15) is 19.8 Å². The van der Waals surface area contributed by atoms with E-state index in [1.54, 1.807) is 0 Å². The monoisotopic (exact) mass is 258 g/mol. The molecule has 3 N–H and O–H groups in total. The summed E-state index contributed by atoms with van der Waals surface area (Å²) in [6.07, 6.45) is 0.717. The van der Waals surface area contributed by atoms with Crippen molar-refractivity contribution in [1.29, 1.82) is 0 Å². The molecule has 1 saturated heterocycles. The van der Waals surface area contributed by atoms with Crippen molar-refractivity contribution in [3.05, 3.63) is 0 Å². The smallest absolute Gasteiger partial charge is 0.303 e. The molecule has 0 bridgehead atoms. The Bertz CT molecular complexity index is 296. The van der Waals surface area contributed by atoms with E-state index < -0.39 is 5.97 Å². The third-order valence-corrected chi connectivity index (χ3v) is 3.26. The summed E-state index contributed by atoms with van der Waals surface area (Å²) in [6, 6.07) is 0.0688. The number of likely N-dealkylation sites (N-methyl/N-ethyl adjacent to an activating group) is 1. The molecular formula is C12H22N2O4. The molecule has 1 fully saturated rings. The molecule has 0 aromatic carbocycles. The maximum atomic E-state index is 11.9. The van der Waals surface area contributed by atoms with Gasteiger partial charge in [0.05, 0.1) is 19.1 Å². The van der Waals surface area contributed by atoms with Crippen LogP contribution < -0.4 is 10.6 Å². The number of carbonyl (C=O) groups is 2. The second-order valence-corrected chi connectivity index (χ2v) is 4.82. The zero-order valence-corrected chi connectivity index (χ0v) is 10.9. The first-order chi connectivity index (χ1) is 8.54. The lowest BCUT2D eigenvalue weighted by atomic mass is 10.0. The highest BCUT2D eigenvalue weighted by molar-refractivity contribution is 5.79. The summed E-state index contributed by atoms with van der Waals surface area (Å²) >= 11 is 0. The molecule has 104 valence electrons. The van der Waals surface area contributed by atoms with Gasteiger partial charge in [0.15, 0.2) is 0 Å². The molecule has 0 aromatic heterocycles. The van der Waals surface area contributed by atoms with E-state index in [0.717, 1.165) is 0 Å². The van der Waals surface area contributed by atoms with E-state index in [4.69, 9.17) is 9.84 Å². The average Bonchev–Trinajstić information content (AvgIpc) is 2.81. The van der Waals surface area contributed by atoms with Crippen LogP contribution in [-0.4, -0.2) is 49.8 Å². The number of nitrogens with one attached hydrogen (secondary N) is 2. The fraction of sp³-hybridized carbons (Fsp3) is 0.833. The van der Waals surface area contributed by atoms with E-state index in [1.165, 1.54) is 0 Å². The van der Waals surface area contributed by atoms with Crippen molar-refractivity contribution >= 4 is 11.9 Å². The van der Waals surface area contributed by atoms with Gasteiger partial charge in [0, 0.05) is 19.0 Å². The van der Waals surface area contributed by atoms with Crippen LogP contribution in [0.2, 0.25) is 0 Å². The minimum Gasteiger partial charge on any atom is -0.481 e. The highest BCUT2D eigenvalue weighted by Gasteiger charge is 2.32. The zero-order chi connectivity index (χ0) is 13.5. The number of hydrogen-bond donors (Lipinski definition) is 3. The Labute approximate surface area is 107 Å². The van der Waals surface area contributed by atoms with Gasteiger partial charge in [0.2, 0.25) is 5.91 Å². The standard InChI is InChI=1S/C12H22N2O4/c1-8(3-4-11(15)16)5-14-12(17)9-6-18-7-10(9)13-2/h8-10,13H,3-7H2,1-2H3,(H,14,17)(H,15,16). The minimum absolute atomic E-state index is 0.0194. The number of carboxylic acid groups (broad SMARTS) is 1. The van der Waals surface area contributed by atoms with E-state index in [-0.39, 0.29) is 30.2 Å². The van der Waals surface area contributed by atoms with Crippen LogP contribution in [0.15, 0.2) is 0 Å². The molecule has 1 amide bonds. The molecule has 0 saturated carbocycles. The predicted octanol–water partition coefficient (Wildman–Crippen LogP) is -0.162. The summed E-state index contributed by atoms with van der Waals surface area (Å²) in [6.45, 7) is 3.45. The van der Waals surface area contributed by atoms with Gasteiger partial charge in [0.1, 0.15) is 0 Å². The summed E-state index contributed by atoms with van der Waals surface area (Å²) in [5.74, 6) is -0.802. The van der Waals surface area contributed by atoms with E-state index in [2.05, 4.69) is 10.6 Å². The Hall–Kier alpha value is -1.14. The lowest BCUT2D eigenvalue weighted by Gasteiger charge is -2.18. The fourth-order valence-electron chi connectivity index (χ4n) is 1.98. The Morgan fingerprint density at radius 1 is 1.44 bits per heavy atom. The SMILES string of the molecule is CNC1COCC1C(=O)NCC(C)CCC(=O)O. The van der Waals surface area contributed by atoms with E-state index in [9.17, 15) is 9.59 Å². The Balaban J connectivity index is 2.25. The molecule has 1 aliphatic heterocycles. The first-order valence-corrected chi connectivity index (χ1v) is 6.29. The van der Waals surface area contributed by atoms with Gasteiger partial charge in [-0.05, 0) is 19.4 Å². The van der Waals surface area contributed by atoms with Crippen LogP contribution in [0.3, 0.4) is 0 Å². The molecule has 0 aromatic rings. The molecular weight excluding hydrogens is 236 g/mol. The van der Waals surface area contributed by atoms with Gasteiger partial charge in [0.25, 0.3) is 0 Å². The maximum Gasteiger partial charge on any atom is 0.303 e. The van der Waals surface area contributed by atoms with Gasteiger partial charge in [-0.15, -0.1) is 0 Å². The van der Waals surface area contributed by atoms with Crippen LogP contribution in [0.4, 0.5) is 0 Å². The molecule has 1 rings (SSSR count). The van der Waals surface area contributed by atoms with Crippen LogP contribution in [0, 0.1) is 11.8 Å². The molecule has 1 heterocycles. The van der Waals surface area contributed by atoms with Gasteiger partial charge < -0.3 is 20.5 Å². The number of rotatable bonds is 7. The third kappa shape index (κ3) is 4.62. The van der Waals surface area contributed by atoms with Gasteiger partial charge in [-0.3, -0.25) is 9.59 Å². The number of carboxylic acids is 1. The number of carbonyl (C=O) groups excluding carboxylic acids is 1. The summed E-state index contributed by atoms with van der Waals surface area (Å²) in [4.78, 5) is 22.3. The van der Waals surface area contributed by atoms with Crippen molar-refractivity contribution in [2.45, 2.75) is 25.8 Å². The number of hydrogen-bond acceptors (Lipinski definition) is 4. The molecule has 6 nitrogen and oxygen atoms in total. The average molecular weight is 258 g/mol. The van der Waals surface area contributed by atoms with Gasteiger partial charge in [-0.1, -0.05) is 6.92 Å². The Morgan fingerprint density at radius 3 is 2.78 bits per heavy atom. The molecule has 1 aliphatic rings. The van der Waals surface area contributed by atoms with Crippen LogP contribution in [0.25, 0.3) is 0 Å². The normalized spacial score (nSPS) is 24.8. The second kappa shape index (κ2) is 7.33. The largest absolute Gasteiger partial charge is 0.481 e. The van der Waals surface area contributed by atoms with Gasteiger partial charge in [-0.2, -0.15) is 0 Å². The molecule has 18 heavy (non-hydrogen) atoms. The van der Waals surface area contributed by atoms with Gasteiger partial charge >= 0.3 is 5.97 Å². The highest BCUT2D eigenvalue weighted by Crippen LogP contribution is 2.13. The summed E-state index contributed by atoms with van der Waals surface area (Å²) in [5.41, 5.74) is 0. The highest BCUT2D eigenvalue weighted by atomic mass is 16.5. The van der Waals surface area contributed by atoms with E-state index in [1.807, 2.05) is 14.0 Å². The minimum atomic E-state index is -0.799. The Morgan fingerprint density at radius 2 is 2.17 bits per heavy atom. The fourth-order valence-corrected chi connectivity index (χ4v) is 1.98. The van der Waals surface area contributed by atoms with Crippen molar-refractivity contribution in [1.82, 2.24) is 10.6 Å². The van der Waals surface area contributed by atoms with Crippen LogP contribution in [-0.2, 0) is 14.3 Å². The third-order valence-electron chi connectivity index (χ3n) is 3.26. The first-order valence-electron chi connectivity index (χ1n) is 6.29. The van der Waals surface area contributed by atoms with Crippen LogP contribution >= 0.6 is 0 Å². The van der Waals surface area contributed by atoms with Crippen molar-refractivity contribution in [2.24, 2.45) is 11.8 Å². The Kier molecular flexibility index (Phi) is 6.07. The summed E-state index contributed by atoms with van der Waals surface area (Å²) in [7, 11) is 1.81. The first kappa shape index (κ1) is 14.9. The molecule has 0 aliphatic carbocycles. The van der Waals surface area contributed by atoms with E-state index in [0.29, 0.717) is 26.2 Å². The van der Waals surface area contributed by atoms with Crippen molar-refractivity contribution < 1.29 is 19.4 Å². The molecule has 3 atom stereocenters. The zero-order valence-electron chi connectivity index (χ0n) is 10.9. The van der Waals surface area contributed by atoms with Crippen molar-refractivity contribution in [3.63, 3.8) is 0 Å². The molecule has 3 unspecified atom stereocenters.